The summed E-state index contributed by atoms with van der Waals surface area (Å²) in [4.78, 5) is 2.15. The van der Waals surface area contributed by atoms with Gasteiger partial charge in [-0.3, -0.25) is 0 Å². The lowest BCUT2D eigenvalue weighted by atomic mass is 9.87. The van der Waals surface area contributed by atoms with Gasteiger partial charge in [-0.05, 0) is 44.1 Å². The standard InChI is InChI=1S/C13H17Cl2NO/c1-16-7-3-6-13(17,9-16)8-10-11(14)4-2-5-12(10)15/h2,4-5,17H,3,6-9H2,1H3. The monoisotopic (exact) mass is 273 g/mol. The van der Waals surface area contributed by atoms with Gasteiger partial charge in [0.05, 0.1) is 5.60 Å². The van der Waals surface area contributed by atoms with E-state index in [0.717, 1.165) is 24.9 Å². The number of halogens is 2. The largest absolute Gasteiger partial charge is 0.388 e. The number of hydrogen-bond acceptors (Lipinski definition) is 2. The van der Waals surface area contributed by atoms with E-state index in [1.165, 1.54) is 0 Å². The zero-order valence-corrected chi connectivity index (χ0v) is 11.4. The van der Waals surface area contributed by atoms with E-state index in [-0.39, 0.29) is 0 Å². The molecular formula is C13H17Cl2NO. The minimum Gasteiger partial charge on any atom is -0.388 e. The van der Waals surface area contributed by atoms with E-state index in [4.69, 9.17) is 23.2 Å². The highest BCUT2D eigenvalue weighted by Crippen LogP contribution is 2.31. The Bertz CT molecular complexity index is 390. The first kappa shape index (κ1) is 13.2. The summed E-state index contributed by atoms with van der Waals surface area (Å²) in [5.41, 5.74) is 0.149. The van der Waals surface area contributed by atoms with E-state index in [1.54, 1.807) is 0 Å². The van der Waals surface area contributed by atoms with E-state index >= 15 is 0 Å². The maximum Gasteiger partial charge on any atom is 0.0815 e. The summed E-state index contributed by atoms with van der Waals surface area (Å²) in [7, 11) is 2.03. The zero-order chi connectivity index (χ0) is 12.5. The molecule has 94 valence electrons. The second-order valence-corrected chi connectivity index (χ2v) is 5.76. The molecule has 2 rings (SSSR count). The Morgan fingerprint density at radius 2 is 2.00 bits per heavy atom. The van der Waals surface area contributed by atoms with Gasteiger partial charge in [0.1, 0.15) is 0 Å². The van der Waals surface area contributed by atoms with Gasteiger partial charge in [0, 0.05) is 23.0 Å². The van der Waals surface area contributed by atoms with E-state index in [2.05, 4.69) is 4.90 Å². The van der Waals surface area contributed by atoms with Gasteiger partial charge in [-0.15, -0.1) is 0 Å². The van der Waals surface area contributed by atoms with Gasteiger partial charge in [-0.25, -0.2) is 0 Å². The van der Waals surface area contributed by atoms with Crippen LogP contribution in [-0.2, 0) is 6.42 Å². The molecule has 2 nitrogen and oxygen atoms in total. The highest BCUT2D eigenvalue weighted by atomic mass is 35.5. The number of likely N-dealkylation sites (tertiary alicyclic amines) is 1. The fraction of sp³-hybridized carbons (Fsp3) is 0.538. The maximum atomic E-state index is 10.6. The van der Waals surface area contributed by atoms with Crippen molar-refractivity contribution in [2.24, 2.45) is 0 Å². The summed E-state index contributed by atoms with van der Waals surface area (Å²) in [5, 5.41) is 11.9. The average Bonchev–Trinajstić information content (AvgIpc) is 2.23. The molecule has 1 fully saturated rings. The van der Waals surface area contributed by atoms with Crippen molar-refractivity contribution in [2.45, 2.75) is 24.9 Å². The third-order valence-corrected chi connectivity index (χ3v) is 4.02. The Kier molecular flexibility index (Phi) is 3.99. The molecule has 1 heterocycles. The van der Waals surface area contributed by atoms with Crippen LogP contribution >= 0.6 is 23.2 Å². The number of piperidine rings is 1. The minimum atomic E-state index is -0.707. The molecule has 1 N–H and O–H groups in total. The van der Waals surface area contributed by atoms with Crippen molar-refractivity contribution < 1.29 is 5.11 Å². The summed E-state index contributed by atoms with van der Waals surface area (Å²) < 4.78 is 0. The number of hydrogen-bond donors (Lipinski definition) is 1. The van der Waals surface area contributed by atoms with Crippen LogP contribution in [0.2, 0.25) is 10.0 Å². The van der Waals surface area contributed by atoms with Crippen LogP contribution in [0.3, 0.4) is 0 Å². The predicted molar refractivity (Wildman–Crippen MR) is 71.8 cm³/mol. The van der Waals surface area contributed by atoms with Crippen molar-refractivity contribution in [1.29, 1.82) is 0 Å². The van der Waals surface area contributed by atoms with Crippen LogP contribution in [0.5, 0.6) is 0 Å². The lowest BCUT2D eigenvalue weighted by Gasteiger charge is -2.37. The Hall–Kier alpha value is -0.280. The van der Waals surface area contributed by atoms with E-state index in [0.29, 0.717) is 23.0 Å². The molecule has 0 bridgehead atoms. The first-order valence-electron chi connectivity index (χ1n) is 5.84. The lowest BCUT2D eigenvalue weighted by Crippen LogP contribution is -2.47. The molecular weight excluding hydrogens is 257 g/mol. The first-order valence-corrected chi connectivity index (χ1v) is 6.60. The van der Waals surface area contributed by atoms with Gasteiger partial charge in [0.25, 0.3) is 0 Å². The Morgan fingerprint density at radius 1 is 1.35 bits per heavy atom. The number of β-amino-alcohol motifs (C(OH)–C–C–N with tert-alkyl or cyclic N) is 1. The van der Waals surface area contributed by atoms with Crippen molar-refractivity contribution in [2.75, 3.05) is 20.1 Å². The van der Waals surface area contributed by atoms with Crippen molar-refractivity contribution in [3.05, 3.63) is 33.8 Å². The third kappa shape index (κ3) is 3.14. The van der Waals surface area contributed by atoms with Gasteiger partial charge in [0.2, 0.25) is 0 Å². The minimum absolute atomic E-state index is 0.524. The van der Waals surface area contributed by atoms with Crippen LogP contribution in [0, 0.1) is 0 Å². The highest BCUT2D eigenvalue weighted by Gasteiger charge is 2.33. The number of likely N-dealkylation sites (N-methyl/N-ethyl adjacent to an activating group) is 1. The Labute approximate surface area is 112 Å². The predicted octanol–water partition coefficient (Wildman–Crippen LogP) is 2.99. The summed E-state index contributed by atoms with van der Waals surface area (Å²) >= 11 is 12.3. The number of rotatable bonds is 2. The zero-order valence-electron chi connectivity index (χ0n) is 9.92. The molecule has 4 heteroatoms. The molecule has 1 atom stereocenters. The second kappa shape index (κ2) is 5.15. The smallest absolute Gasteiger partial charge is 0.0815 e. The lowest BCUT2D eigenvalue weighted by molar-refractivity contribution is -0.0223. The topological polar surface area (TPSA) is 23.5 Å². The fourth-order valence-electron chi connectivity index (χ4n) is 2.51. The van der Waals surface area contributed by atoms with Crippen molar-refractivity contribution in [3.63, 3.8) is 0 Å². The van der Waals surface area contributed by atoms with Crippen LogP contribution in [0.15, 0.2) is 18.2 Å². The molecule has 1 aromatic carbocycles. The number of aliphatic hydroxyl groups is 1. The van der Waals surface area contributed by atoms with Gasteiger partial charge in [0.15, 0.2) is 0 Å². The molecule has 0 aliphatic carbocycles. The molecule has 17 heavy (non-hydrogen) atoms. The maximum absolute atomic E-state index is 10.6. The van der Waals surface area contributed by atoms with Gasteiger partial charge in [-0.2, -0.15) is 0 Å². The van der Waals surface area contributed by atoms with Crippen LogP contribution < -0.4 is 0 Å². The van der Waals surface area contributed by atoms with Crippen molar-refractivity contribution in [1.82, 2.24) is 4.90 Å². The quantitative estimate of drug-likeness (QED) is 0.896. The molecule has 0 aromatic heterocycles. The SMILES string of the molecule is CN1CCCC(O)(Cc2c(Cl)cccc2Cl)C1. The fourth-order valence-corrected chi connectivity index (χ4v) is 3.04. The van der Waals surface area contributed by atoms with Gasteiger partial charge < -0.3 is 10.0 Å². The summed E-state index contributed by atoms with van der Waals surface area (Å²) in [6.07, 6.45) is 2.34. The Morgan fingerprint density at radius 3 is 2.59 bits per heavy atom. The number of benzene rings is 1. The molecule has 0 amide bonds. The van der Waals surface area contributed by atoms with E-state index < -0.39 is 5.60 Å². The van der Waals surface area contributed by atoms with Gasteiger partial charge >= 0.3 is 0 Å². The molecule has 0 spiro atoms. The van der Waals surface area contributed by atoms with Crippen LogP contribution in [0.4, 0.5) is 0 Å². The molecule has 1 saturated heterocycles. The second-order valence-electron chi connectivity index (χ2n) is 4.94. The molecule has 0 saturated carbocycles. The Balaban J connectivity index is 2.19. The summed E-state index contributed by atoms with van der Waals surface area (Å²) in [6, 6.07) is 5.46. The molecule has 1 aliphatic heterocycles. The highest BCUT2D eigenvalue weighted by molar-refractivity contribution is 6.36. The molecule has 1 unspecified atom stereocenters. The molecule has 1 aromatic rings. The van der Waals surface area contributed by atoms with Crippen molar-refractivity contribution >= 4 is 23.2 Å². The third-order valence-electron chi connectivity index (χ3n) is 3.31. The first-order chi connectivity index (χ1) is 8.00. The van der Waals surface area contributed by atoms with E-state index in [9.17, 15) is 5.11 Å². The summed E-state index contributed by atoms with van der Waals surface area (Å²) in [5.74, 6) is 0. The van der Waals surface area contributed by atoms with Crippen LogP contribution in [-0.4, -0.2) is 35.7 Å². The van der Waals surface area contributed by atoms with E-state index in [1.807, 2.05) is 25.2 Å². The summed E-state index contributed by atoms with van der Waals surface area (Å²) in [6.45, 7) is 1.72. The number of nitrogens with zero attached hydrogens (tertiary/aromatic N) is 1. The van der Waals surface area contributed by atoms with Crippen molar-refractivity contribution in [3.8, 4) is 0 Å². The van der Waals surface area contributed by atoms with Crippen LogP contribution in [0.1, 0.15) is 18.4 Å². The average molecular weight is 274 g/mol. The normalized spacial score (nSPS) is 26.1. The van der Waals surface area contributed by atoms with Crippen LogP contribution in [0.25, 0.3) is 0 Å². The van der Waals surface area contributed by atoms with Gasteiger partial charge in [-0.1, -0.05) is 29.3 Å². The molecule has 1 aliphatic rings. The molecule has 0 radical (unpaired) electrons.